The highest BCUT2D eigenvalue weighted by Gasteiger charge is 2.26. The summed E-state index contributed by atoms with van der Waals surface area (Å²) in [5, 5.41) is 0.0610. The predicted octanol–water partition coefficient (Wildman–Crippen LogP) is 1.83. The van der Waals surface area contributed by atoms with Crippen LogP contribution in [0.2, 0.25) is 0 Å². The van der Waals surface area contributed by atoms with Crippen molar-refractivity contribution in [3.63, 3.8) is 0 Å². The number of carbonyl (C=O) groups is 1. The highest BCUT2D eigenvalue weighted by Crippen LogP contribution is 2.18. The Morgan fingerprint density at radius 2 is 2.53 bits per heavy atom. The molecule has 2 heterocycles. The summed E-state index contributed by atoms with van der Waals surface area (Å²) in [6.45, 7) is 3.11. The van der Waals surface area contributed by atoms with Crippen molar-refractivity contribution in [1.82, 2.24) is 9.88 Å². The third-order valence-corrected chi connectivity index (χ3v) is 2.95. The van der Waals surface area contributed by atoms with Crippen LogP contribution >= 0.6 is 11.6 Å². The molecule has 1 unspecified atom stereocenters. The molecule has 4 nitrogen and oxygen atoms in total. The van der Waals surface area contributed by atoms with Gasteiger partial charge in [0.05, 0.1) is 11.1 Å². The van der Waals surface area contributed by atoms with Gasteiger partial charge in [-0.05, 0) is 19.8 Å². The number of likely N-dealkylation sites (tertiary alicyclic amines) is 1. The average molecular weight is 229 g/mol. The minimum Gasteiger partial charge on any atom is -0.438 e. The quantitative estimate of drug-likeness (QED) is 0.689. The standard InChI is InChI=1S/C10H13ClN2O2/c1-7-9(15-6-12-7)10(14)13-4-2-3-8(11)5-13/h6,8H,2-5H2,1H3. The van der Waals surface area contributed by atoms with Crippen molar-refractivity contribution >= 4 is 17.5 Å². The fourth-order valence-corrected chi connectivity index (χ4v) is 2.08. The number of aromatic nitrogens is 1. The molecule has 0 saturated carbocycles. The second-order valence-corrected chi connectivity index (χ2v) is 4.37. The maximum atomic E-state index is 12.0. The molecule has 0 aliphatic carbocycles. The third kappa shape index (κ3) is 2.15. The number of alkyl halides is 1. The molecule has 1 aromatic heterocycles. The van der Waals surface area contributed by atoms with E-state index >= 15 is 0 Å². The van der Waals surface area contributed by atoms with Crippen LogP contribution in [0, 0.1) is 6.92 Å². The molecule has 1 aliphatic heterocycles. The van der Waals surface area contributed by atoms with E-state index in [2.05, 4.69) is 4.98 Å². The Morgan fingerprint density at radius 3 is 3.13 bits per heavy atom. The molecule has 82 valence electrons. The van der Waals surface area contributed by atoms with Crippen molar-refractivity contribution in [1.29, 1.82) is 0 Å². The first-order valence-electron chi connectivity index (χ1n) is 5.02. The normalized spacial score (nSPS) is 21.7. The number of oxazole rings is 1. The van der Waals surface area contributed by atoms with Gasteiger partial charge in [-0.1, -0.05) is 0 Å². The van der Waals surface area contributed by atoms with Crippen LogP contribution in [-0.2, 0) is 0 Å². The van der Waals surface area contributed by atoms with Crippen LogP contribution in [0.3, 0.4) is 0 Å². The van der Waals surface area contributed by atoms with Gasteiger partial charge in [0, 0.05) is 13.1 Å². The third-order valence-electron chi connectivity index (χ3n) is 2.59. The predicted molar refractivity (Wildman–Crippen MR) is 56.0 cm³/mol. The molecule has 1 saturated heterocycles. The first kappa shape index (κ1) is 10.5. The Balaban J connectivity index is 2.11. The molecule has 1 aromatic rings. The molecule has 0 aromatic carbocycles. The number of piperidine rings is 1. The zero-order valence-corrected chi connectivity index (χ0v) is 9.33. The van der Waals surface area contributed by atoms with E-state index in [1.165, 1.54) is 6.39 Å². The first-order chi connectivity index (χ1) is 7.18. The van der Waals surface area contributed by atoms with Crippen molar-refractivity contribution in [3.05, 3.63) is 17.8 Å². The number of carbonyl (C=O) groups excluding carboxylic acids is 1. The fourth-order valence-electron chi connectivity index (χ4n) is 1.76. The zero-order valence-electron chi connectivity index (χ0n) is 8.57. The van der Waals surface area contributed by atoms with Crippen LogP contribution in [0.1, 0.15) is 29.1 Å². The van der Waals surface area contributed by atoms with E-state index < -0.39 is 0 Å². The van der Waals surface area contributed by atoms with Gasteiger partial charge in [0.25, 0.3) is 5.91 Å². The summed E-state index contributed by atoms with van der Waals surface area (Å²) in [5.74, 6) is 0.233. The number of nitrogens with zero attached hydrogens (tertiary/aromatic N) is 2. The van der Waals surface area contributed by atoms with Crippen LogP contribution in [0.5, 0.6) is 0 Å². The minimum absolute atomic E-state index is 0.0610. The number of amides is 1. The molecule has 1 aliphatic rings. The van der Waals surface area contributed by atoms with E-state index in [1.807, 2.05) is 0 Å². The van der Waals surface area contributed by atoms with Gasteiger partial charge in [-0.2, -0.15) is 0 Å². The fraction of sp³-hybridized carbons (Fsp3) is 0.600. The van der Waals surface area contributed by atoms with Gasteiger partial charge in [0.1, 0.15) is 0 Å². The number of hydrogen-bond donors (Lipinski definition) is 0. The van der Waals surface area contributed by atoms with E-state index in [0.29, 0.717) is 18.0 Å². The molecule has 5 heteroatoms. The summed E-state index contributed by atoms with van der Waals surface area (Å²) in [4.78, 5) is 17.6. The maximum absolute atomic E-state index is 12.0. The molecule has 1 amide bonds. The summed E-state index contributed by atoms with van der Waals surface area (Å²) in [6, 6.07) is 0. The van der Waals surface area contributed by atoms with Gasteiger partial charge < -0.3 is 9.32 Å². The Labute approximate surface area is 93.2 Å². The minimum atomic E-state index is -0.102. The second-order valence-electron chi connectivity index (χ2n) is 3.76. The van der Waals surface area contributed by atoms with E-state index in [9.17, 15) is 4.79 Å². The molecule has 1 atom stereocenters. The lowest BCUT2D eigenvalue weighted by Crippen LogP contribution is -2.40. The molecule has 0 radical (unpaired) electrons. The van der Waals surface area contributed by atoms with E-state index in [1.54, 1.807) is 11.8 Å². The van der Waals surface area contributed by atoms with Crippen LogP contribution in [0.4, 0.5) is 0 Å². The number of rotatable bonds is 1. The van der Waals surface area contributed by atoms with Crippen LogP contribution < -0.4 is 0 Å². The number of halogens is 1. The molecule has 0 N–H and O–H groups in total. The van der Waals surface area contributed by atoms with Gasteiger partial charge in [-0.15, -0.1) is 11.6 Å². The lowest BCUT2D eigenvalue weighted by Gasteiger charge is -2.29. The Hall–Kier alpha value is -1.03. The highest BCUT2D eigenvalue weighted by molar-refractivity contribution is 6.21. The smallest absolute Gasteiger partial charge is 0.291 e. The summed E-state index contributed by atoms with van der Waals surface area (Å²) < 4.78 is 5.07. The molecule has 15 heavy (non-hydrogen) atoms. The van der Waals surface area contributed by atoms with Crippen molar-refractivity contribution in [2.45, 2.75) is 25.1 Å². The van der Waals surface area contributed by atoms with E-state index in [4.69, 9.17) is 16.0 Å². The average Bonchev–Trinajstić information content (AvgIpc) is 2.63. The van der Waals surface area contributed by atoms with Gasteiger partial charge in [0.15, 0.2) is 6.39 Å². The molecule has 2 rings (SSSR count). The first-order valence-corrected chi connectivity index (χ1v) is 5.45. The number of aryl methyl sites for hydroxylation is 1. The summed E-state index contributed by atoms with van der Waals surface area (Å²) >= 11 is 6.02. The van der Waals surface area contributed by atoms with E-state index in [0.717, 1.165) is 19.4 Å². The monoisotopic (exact) mass is 228 g/mol. The number of hydrogen-bond acceptors (Lipinski definition) is 3. The van der Waals surface area contributed by atoms with E-state index in [-0.39, 0.29) is 11.3 Å². The van der Waals surface area contributed by atoms with Crippen molar-refractivity contribution < 1.29 is 9.21 Å². The van der Waals surface area contributed by atoms with Gasteiger partial charge in [-0.25, -0.2) is 4.98 Å². The molecule has 1 fully saturated rings. The Kier molecular flexibility index (Phi) is 2.95. The zero-order chi connectivity index (χ0) is 10.8. The maximum Gasteiger partial charge on any atom is 0.291 e. The summed E-state index contributed by atoms with van der Waals surface area (Å²) in [7, 11) is 0. The van der Waals surface area contributed by atoms with Gasteiger partial charge >= 0.3 is 0 Å². The Morgan fingerprint density at radius 1 is 1.73 bits per heavy atom. The lowest BCUT2D eigenvalue weighted by atomic mass is 10.1. The van der Waals surface area contributed by atoms with Gasteiger partial charge in [-0.3, -0.25) is 4.79 Å². The van der Waals surface area contributed by atoms with Crippen LogP contribution in [-0.4, -0.2) is 34.3 Å². The van der Waals surface area contributed by atoms with Gasteiger partial charge in [0.2, 0.25) is 5.76 Å². The molecule has 0 spiro atoms. The largest absolute Gasteiger partial charge is 0.438 e. The van der Waals surface area contributed by atoms with Crippen molar-refractivity contribution in [2.24, 2.45) is 0 Å². The highest BCUT2D eigenvalue weighted by atomic mass is 35.5. The topological polar surface area (TPSA) is 46.3 Å². The van der Waals surface area contributed by atoms with Crippen LogP contribution in [0.25, 0.3) is 0 Å². The summed E-state index contributed by atoms with van der Waals surface area (Å²) in [5.41, 5.74) is 0.636. The SMILES string of the molecule is Cc1ncoc1C(=O)N1CCCC(Cl)C1. The molecular formula is C10H13ClN2O2. The molecular weight excluding hydrogens is 216 g/mol. The Bertz CT molecular complexity index is 364. The van der Waals surface area contributed by atoms with Crippen LogP contribution in [0.15, 0.2) is 10.8 Å². The van der Waals surface area contributed by atoms with Crippen molar-refractivity contribution in [2.75, 3.05) is 13.1 Å². The second kappa shape index (κ2) is 4.23. The van der Waals surface area contributed by atoms with Crippen molar-refractivity contribution in [3.8, 4) is 0 Å². The lowest BCUT2D eigenvalue weighted by molar-refractivity contribution is 0.0694. The molecule has 0 bridgehead atoms. The summed E-state index contributed by atoms with van der Waals surface area (Å²) in [6.07, 6.45) is 3.22.